The van der Waals surface area contributed by atoms with Crippen LogP contribution in [-0.2, 0) is 33.3 Å². The average molecular weight is 303 g/mol. The summed E-state index contributed by atoms with van der Waals surface area (Å²) in [5.74, 6) is -1.16. The fourth-order valence-corrected chi connectivity index (χ4v) is 1.82. The summed E-state index contributed by atoms with van der Waals surface area (Å²) in [6.07, 6.45) is -3.91. The predicted octanol–water partition coefficient (Wildman–Crippen LogP) is 0.0498. The van der Waals surface area contributed by atoms with Crippen LogP contribution in [0.4, 0.5) is 0 Å². The molecule has 0 heterocycles. The lowest BCUT2D eigenvalue weighted by atomic mass is 10.0. The van der Waals surface area contributed by atoms with Crippen LogP contribution in [0.5, 0.6) is 0 Å². The SMILES string of the molecule is COC[C@@H](OC(C)=O)[C@@H](OC)[C@H](OC(C)=O)[C@H](C#N)OC. The van der Waals surface area contributed by atoms with Crippen LogP contribution in [0.2, 0.25) is 0 Å². The Morgan fingerprint density at radius 2 is 1.57 bits per heavy atom. The van der Waals surface area contributed by atoms with Crippen molar-refractivity contribution in [3.63, 3.8) is 0 Å². The molecule has 4 atom stereocenters. The Bertz CT molecular complexity index is 379. The number of hydrogen-bond donors (Lipinski definition) is 0. The molecule has 0 spiro atoms. The van der Waals surface area contributed by atoms with Gasteiger partial charge in [0.15, 0.2) is 18.3 Å². The molecule has 0 amide bonds. The van der Waals surface area contributed by atoms with Gasteiger partial charge in [0.2, 0.25) is 0 Å². The number of carbonyl (C=O) groups excluding carboxylic acids is 2. The van der Waals surface area contributed by atoms with E-state index >= 15 is 0 Å². The molecule has 120 valence electrons. The third kappa shape index (κ3) is 6.53. The highest BCUT2D eigenvalue weighted by molar-refractivity contribution is 5.67. The van der Waals surface area contributed by atoms with E-state index in [1.807, 2.05) is 6.07 Å². The fourth-order valence-electron chi connectivity index (χ4n) is 1.82. The largest absolute Gasteiger partial charge is 0.457 e. The second-order valence-electron chi connectivity index (χ2n) is 4.16. The number of esters is 2. The van der Waals surface area contributed by atoms with E-state index in [0.29, 0.717) is 0 Å². The van der Waals surface area contributed by atoms with Crippen LogP contribution in [0.1, 0.15) is 13.8 Å². The maximum atomic E-state index is 11.2. The summed E-state index contributed by atoms with van der Waals surface area (Å²) in [5, 5.41) is 9.09. The van der Waals surface area contributed by atoms with Crippen molar-refractivity contribution in [3.05, 3.63) is 0 Å². The highest BCUT2D eigenvalue weighted by Crippen LogP contribution is 2.17. The van der Waals surface area contributed by atoms with Crippen LogP contribution in [-0.4, -0.2) is 64.3 Å². The smallest absolute Gasteiger partial charge is 0.303 e. The van der Waals surface area contributed by atoms with Gasteiger partial charge >= 0.3 is 11.9 Å². The number of ether oxygens (including phenoxy) is 5. The number of rotatable bonds is 9. The van der Waals surface area contributed by atoms with E-state index in [-0.39, 0.29) is 6.61 Å². The normalized spacial score (nSPS) is 16.2. The molecule has 0 aliphatic heterocycles. The van der Waals surface area contributed by atoms with Crippen LogP contribution in [0.25, 0.3) is 0 Å². The zero-order valence-corrected chi connectivity index (χ0v) is 12.8. The molecule has 0 saturated carbocycles. The summed E-state index contributed by atoms with van der Waals surface area (Å²) < 4.78 is 25.4. The Morgan fingerprint density at radius 1 is 1.00 bits per heavy atom. The van der Waals surface area contributed by atoms with Crippen molar-refractivity contribution in [1.82, 2.24) is 0 Å². The van der Waals surface area contributed by atoms with Gasteiger partial charge in [0.25, 0.3) is 0 Å². The van der Waals surface area contributed by atoms with Crippen LogP contribution in [0.3, 0.4) is 0 Å². The molecule has 8 heteroatoms. The van der Waals surface area contributed by atoms with Gasteiger partial charge < -0.3 is 23.7 Å². The molecule has 21 heavy (non-hydrogen) atoms. The zero-order valence-electron chi connectivity index (χ0n) is 12.8. The molecule has 0 bridgehead atoms. The molecule has 0 fully saturated rings. The molecule has 0 aliphatic carbocycles. The number of methoxy groups -OCH3 is 3. The first kappa shape index (κ1) is 19.3. The van der Waals surface area contributed by atoms with Crippen molar-refractivity contribution in [3.8, 4) is 6.07 Å². The second-order valence-corrected chi connectivity index (χ2v) is 4.16. The van der Waals surface area contributed by atoms with Crippen LogP contribution in [0, 0.1) is 11.3 Å². The van der Waals surface area contributed by atoms with E-state index < -0.39 is 36.4 Å². The molecule has 0 aliphatic rings. The highest BCUT2D eigenvalue weighted by Gasteiger charge is 2.40. The molecular formula is C13H21NO7. The van der Waals surface area contributed by atoms with E-state index in [2.05, 4.69) is 0 Å². The van der Waals surface area contributed by atoms with Crippen LogP contribution < -0.4 is 0 Å². The minimum atomic E-state index is -1.08. The van der Waals surface area contributed by atoms with E-state index in [1.165, 1.54) is 35.2 Å². The number of hydrogen-bond acceptors (Lipinski definition) is 8. The Morgan fingerprint density at radius 3 is 1.90 bits per heavy atom. The van der Waals surface area contributed by atoms with Crippen molar-refractivity contribution in [2.45, 2.75) is 38.3 Å². The molecule has 0 rings (SSSR count). The van der Waals surface area contributed by atoms with Gasteiger partial charge in [0, 0.05) is 35.2 Å². The van der Waals surface area contributed by atoms with Gasteiger partial charge in [-0.2, -0.15) is 5.26 Å². The lowest BCUT2D eigenvalue weighted by molar-refractivity contribution is -0.185. The Hall–Kier alpha value is -1.69. The fraction of sp³-hybridized carbons (Fsp3) is 0.769. The Kier molecular flexibility index (Phi) is 9.28. The Labute approximate surface area is 123 Å². The van der Waals surface area contributed by atoms with E-state index in [1.54, 1.807) is 0 Å². The number of nitrogens with zero attached hydrogens (tertiary/aromatic N) is 1. The van der Waals surface area contributed by atoms with Crippen molar-refractivity contribution in [1.29, 1.82) is 5.26 Å². The van der Waals surface area contributed by atoms with Crippen molar-refractivity contribution >= 4 is 11.9 Å². The summed E-state index contributed by atoms with van der Waals surface area (Å²) in [6, 6.07) is 1.86. The maximum Gasteiger partial charge on any atom is 0.303 e. The lowest BCUT2D eigenvalue weighted by Gasteiger charge is -2.32. The third-order valence-corrected chi connectivity index (χ3v) is 2.59. The summed E-state index contributed by atoms with van der Waals surface area (Å²) in [4.78, 5) is 22.4. The highest BCUT2D eigenvalue weighted by atomic mass is 16.6. The average Bonchev–Trinajstić information content (AvgIpc) is 2.39. The topological polar surface area (TPSA) is 104 Å². The van der Waals surface area contributed by atoms with E-state index in [4.69, 9.17) is 28.9 Å². The minimum Gasteiger partial charge on any atom is -0.457 e. The molecule has 0 N–H and O–H groups in total. The minimum absolute atomic E-state index is 0.0116. The van der Waals surface area contributed by atoms with E-state index in [9.17, 15) is 9.59 Å². The molecule has 0 aromatic heterocycles. The molecular weight excluding hydrogens is 282 g/mol. The first-order valence-electron chi connectivity index (χ1n) is 6.19. The summed E-state index contributed by atoms with van der Waals surface area (Å²) in [5.41, 5.74) is 0. The van der Waals surface area contributed by atoms with Crippen molar-refractivity contribution in [2.75, 3.05) is 27.9 Å². The van der Waals surface area contributed by atoms with Gasteiger partial charge in [0.1, 0.15) is 6.10 Å². The molecule has 0 unspecified atom stereocenters. The van der Waals surface area contributed by atoms with Gasteiger partial charge in [-0.05, 0) is 0 Å². The zero-order chi connectivity index (χ0) is 16.4. The van der Waals surface area contributed by atoms with Crippen molar-refractivity contribution < 1.29 is 33.3 Å². The van der Waals surface area contributed by atoms with Gasteiger partial charge in [0.05, 0.1) is 12.7 Å². The summed E-state index contributed by atoms with van der Waals surface area (Å²) in [7, 11) is 4.06. The van der Waals surface area contributed by atoms with Crippen LogP contribution >= 0.6 is 0 Å². The second kappa shape index (κ2) is 10.1. The van der Waals surface area contributed by atoms with Crippen LogP contribution in [0.15, 0.2) is 0 Å². The van der Waals surface area contributed by atoms with Gasteiger partial charge in [-0.15, -0.1) is 0 Å². The standard InChI is InChI=1S/C13H21NO7/c1-8(15)20-11(7-17-3)12(19-5)13(21-9(2)16)10(6-14)18-4/h10-13H,7H2,1-5H3/t10-,11+,12+,13+/m0/s1. The third-order valence-electron chi connectivity index (χ3n) is 2.59. The predicted molar refractivity (Wildman–Crippen MR) is 70.2 cm³/mol. The number of carbonyl (C=O) groups is 2. The first-order chi connectivity index (χ1) is 9.90. The quantitative estimate of drug-likeness (QED) is 0.550. The number of nitriles is 1. The summed E-state index contributed by atoms with van der Waals surface area (Å²) in [6.45, 7) is 2.44. The molecule has 0 aromatic rings. The maximum absolute atomic E-state index is 11.2. The first-order valence-corrected chi connectivity index (χ1v) is 6.19. The molecule has 0 aromatic carbocycles. The van der Waals surface area contributed by atoms with Gasteiger partial charge in [-0.3, -0.25) is 9.59 Å². The molecule has 8 nitrogen and oxygen atoms in total. The van der Waals surface area contributed by atoms with Gasteiger partial charge in [-0.1, -0.05) is 0 Å². The Balaban J connectivity index is 5.36. The monoisotopic (exact) mass is 303 g/mol. The van der Waals surface area contributed by atoms with Crippen molar-refractivity contribution in [2.24, 2.45) is 0 Å². The summed E-state index contributed by atoms with van der Waals surface area (Å²) >= 11 is 0. The van der Waals surface area contributed by atoms with Gasteiger partial charge in [-0.25, -0.2) is 0 Å². The molecule has 0 saturated heterocycles. The van der Waals surface area contributed by atoms with E-state index in [0.717, 1.165) is 0 Å². The molecule has 0 radical (unpaired) electrons. The lowest BCUT2D eigenvalue weighted by Crippen LogP contribution is -2.51.